The molecule has 0 saturated carbocycles. The first-order valence-electron chi connectivity index (χ1n) is 19.0. The molecule has 3 N–H and O–H groups in total. The minimum atomic E-state index is -0.849. The van der Waals surface area contributed by atoms with Crippen LogP contribution in [0.3, 0.4) is 0 Å². The Balaban J connectivity index is 1.12. The van der Waals surface area contributed by atoms with Crippen LogP contribution in [0.5, 0.6) is 5.88 Å². The molecule has 0 spiro atoms. The van der Waals surface area contributed by atoms with Crippen molar-refractivity contribution in [3.8, 4) is 39.4 Å². The molecule has 5 aromatic rings. The highest BCUT2D eigenvalue weighted by Crippen LogP contribution is 2.42. The second-order valence-electron chi connectivity index (χ2n) is 15.6. The van der Waals surface area contributed by atoms with Gasteiger partial charge < -0.3 is 19.9 Å². The summed E-state index contributed by atoms with van der Waals surface area (Å²) in [6.07, 6.45) is 4.50. The monoisotopic (exact) mass is 826 g/mol. The Kier molecular flexibility index (Phi) is 11.9. The van der Waals surface area contributed by atoms with E-state index in [1.807, 2.05) is 48.5 Å². The van der Waals surface area contributed by atoms with E-state index in [0.717, 1.165) is 11.1 Å². The Morgan fingerprint density at radius 3 is 2.34 bits per heavy atom. The van der Waals surface area contributed by atoms with Crippen LogP contribution in [-0.2, 0) is 32.2 Å². The predicted octanol–water partition coefficient (Wildman–Crippen LogP) is 6.39. The Labute approximate surface area is 345 Å². The molecule has 15 heteroatoms. The van der Waals surface area contributed by atoms with E-state index in [1.165, 1.54) is 10.6 Å². The number of carbonyl (C=O) groups excluding carboxylic acids is 2. The highest BCUT2D eigenvalue weighted by molar-refractivity contribution is 6.39. The summed E-state index contributed by atoms with van der Waals surface area (Å²) >= 11 is 14.2. The lowest BCUT2D eigenvalue weighted by atomic mass is 9.97. The number of likely N-dealkylation sites (tertiary alicyclic amines) is 1. The fourth-order valence-electron chi connectivity index (χ4n) is 7.50. The summed E-state index contributed by atoms with van der Waals surface area (Å²) < 4.78 is 12.7. The summed E-state index contributed by atoms with van der Waals surface area (Å²) in [7, 11) is 1.56. The molecule has 2 aromatic carbocycles. The number of aromatic nitrogens is 3. The van der Waals surface area contributed by atoms with Gasteiger partial charge in [0.1, 0.15) is 17.3 Å². The molecule has 2 aliphatic heterocycles. The molecule has 3 unspecified atom stereocenters. The maximum atomic E-state index is 13.6. The number of rotatable bonds is 12. The smallest absolute Gasteiger partial charge is 0.325 e. The zero-order valence-corrected chi connectivity index (χ0v) is 34.1. The summed E-state index contributed by atoms with van der Waals surface area (Å²) in [4.78, 5) is 61.6. The second-order valence-corrected chi connectivity index (χ2v) is 16.4. The first kappa shape index (κ1) is 40.8. The summed E-state index contributed by atoms with van der Waals surface area (Å²) in [6, 6.07) is 17.4. The molecule has 3 atom stereocenters. The van der Waals surface area contributed by atoms with E-state index in [4.69, 9.17) is 37.7 Å². The van der Waals surface area contributed by atoms with Crippen molar-refractivity contribution < 1.29 is 29.0 Å². The van der Waals surface area contributed by atoms with Crippen LogP contribution >= 0.6 is 23.2 Å². The molecule has 3 aromatic heterocycles. The van der Waals surface area contributed by atoms with Crippen molar-refractivity contribution in [1.82, 2.24) is 29.9 Å². The van der Waals surface area contributed by atoms with Gasteiger partial charge in [0.15, 0.2) is 0 Å². The number of carbonyl (C=O) groups is 3. The van der Waals surface area contributed by atoms with Gasteiger partial charge >= 0.3 is 11.9 Å². The number of fused-ring (bicyclic) bond motifs is 1. The van der Waals surface area contributed by atoms with Gasteiger partial charge in [-0.2, -0.15) is 0 Å². The van der Waals surface area contributed by atoms with Crippen LogP contribution in [0.25, 0.3) is 39.2 Å². The summed E-state index contributed by atoms with van der Waals surface area (Å²) in [6.45, 7) is 7.03. The normalized spacial score (nSPS) is 17.7. The molecule has 7 rings (SSSR count). The first-order chi connectivity index (χ1) is 27.7. The van der Waals surface area contributed by atoms with E-state index in [2.05, 4.69) is 20.5 Å². The minimum absolute atomic E-state index is 0.0283. The van der Waals surface area contributed by atoms with Crippen molar-refractivity contribution >= 4 is 46.7 Å². The van der Waals surface area contributed by atoms with Crippen molar-refractivity contribution in [2.75, 3.05) is 20.2 Å². The quantitative estimate of drug-likeness (QED) is 0.119. The average Bonchev–Trinajstić information content (AvgIpc) is 3.84. The van der Waals surface area contributed by atoms with Crippen LogP contribution in [0.4, 0.5) is 0 Å². The predicted molar refractivity (Wildman–Crippen MR) is 221 cm³/mol. The Hall–Kier alpha value is -5.34. The average molecular weight is 828 g/mol. The maximum Gasteiger partial charge on any atom is 0.325 e. The highest BCUT2D eigenvalue weighted by Gasteiger charge is 2.36. The molecule has 2 aliphatic rings. The fourth-order valence-corrected chi connectivity index (χ4v) is 8.16. The third kappa shape index (κ3) is 8.73. The van der Waals surface area contributed by atoms with Crippen LogP contribution in [0.2, 0.25) is 10.0 Å². The van der Waals surface area contributed by atoms with Gasteiger partial charge in [-0.1, -0.05) is 65.7 Å². The number of carboxylic acids is 1. The van der Waals surface area contributed by atoms with Crippen molar-refractivity contribution in [1.29, 1.82) is 0 Å². The molecule has 0 bridgehead atoms. The Morgan fingerprint density at radius 2 is 1.69 bits per heavy atom. The van der Waals surface area contributed by atoms with E-state index in [1.54, 1.807) is 46.2 Å². The van der Waals surface area contributed by atoms with Gasteiger partial charge in [-0.15, -0.1) is 0 Å². The van der Waals surface area contributed by atoms with E-state index < -0.39 is 29.6 Å². The number of methoxy groups -OCH3 is 1. The maximum absolute atomic E-state index is 13.6. The number of nitrogens with zero attached hydrogens (tertiary/aromatic N) is 4. The molecule has 2 fully saturated rings. The van der Waals surface area contributed by atoms with Crippen LogP contribution in [0.15, 0.2) is 77.9 Å². The minimum Gasteiger partial charge on any atom is -0.481 e. The molecular weight excluding hydrogens is 783 g/mol. The fraction of sp³-hybridized carbons (Fsp3) is 0.349. The second kappa shape index (κ2) is 16.9. The highest BCUT2D eigenvalue weighted by atomic mass is 35.5. The van der Waals surface area contributed by atoms with Crippen LogP contribution < -0.4 is 20.9 Å². The van der Waals surface area contributed by atoms with Crippen molar-refractivity contribution in [2.24, 2.45) is 5.92 Å². The molecule has 302 valence electrons. The van der Waals surface area contributed by atoms with Crippen LogP contribution in [0.1, 0.15) is 51.2 Å². The largest absolute Gasteiger partial charge is 0.481 e. The standard InChI is InChI=1S/C43H44Cl2N6O7/c1-43(2,3)58-42(56)38(33-13-14-35(52)48-33)47-21-27-20-46-34-19-24(16-18-51(34)40(27)53)28-7-5-8-29(36(28)44)30-9-6-10-31(37(30)45)32-12-11-25(39(49-32)57-4)22-50-17-15-26(23-50)41(54)55/h5-12,16,18-20,26,33,38,47H,13-15,17,21-23H2,1-4H3,(H,48,52)(H,54,55). The molecular formula is C43H44Cl2N6O7. The lowest BCUT2D eigenvalue weighted by molar-refractivity contribution is -0.158. The lowest BCUT2D eigenvalue weighted by Gasteiger charge is -2.27. The number of amides is 1. The lowest BCUT2D eigenvalue weighted by Crippen LogP contribution is -2.52. The van der Waals surface area contributed by atoms with Crippen molar-refractivity contribution in [3.63, 3.8) is 0 Å². The molecule has 0 radical (unpaired) electrons. The zero-order chi connectivity index (χ0) is 41.3. The number of ether oxygens (including phenoxy) is 2. The topological polar surface area (TPSA) is 164 Å². The van der Waals surface area contributed by atoms with Gasteiger partial charge in [0.05, 0.1) is 40.4 Å². The molecule has 13 nitrogen and oxygen atoms in total. The number of carboxylic acid groups (broad SMARTS) is 1. The number of hydrogen-bond donors (Lipinski definition) is 3. The van der Waals surface area contributed by atoms with Crippen molar-refractivity contribution in [2.45, 2.75) is 70.8 Å². The Bertz CT molecular complexity index is 2470. The van der Waals surface area contributed by atoms with Gasteiger partial charge in [-0.05, 0) is 63.9 Å². The number of benzene rings is 2. The van der Waals surface area contributed by atoms with Crippen LogP contribution in [0, 0.1) is 5.92 Å². The van der Waals surface area contributed by atoms with Gasteiger partial charge in [0, 0.05) is 66.3 Å². The SMILES string of the molecule is COc1nc(-c2cccc(-c3cccc(-c4ccn5c(=O)c(CNC(C(=O)OC(C)(C)C)C6CCC(=O)N6)cnc5c4)c3Cl)c2Cl)ccc1CN1CCC(C(=O)O)C1. The molecule has 1 amide bonds. The van der Waals surface area contributed by atoms with Gasteiger partial charge in [-0.25, -0.2) is 9.97 Å². The molecule has 2 saturated heterocycles. The number of pyridine rings is 2. The van der Waals surface area contributed by atoms with Gasteiger partial charge in [0.25, 0.3) is 5.56 Å². The molecule has 0 aliphatic carbocycles. The van der Waals surface area contributed by atoms with Gasteiger partial charge in [0.2, 0.25) is 11.8 Å². The zero-order valence-electron chi connectivity index (χ0n) is 32.6. The number of aliphatic carboxylic acids is 1. The Morgan fingerprint density at radius 1 is 0.983 bits per heavy atom. The van der Waals surface area contributed by atoms with E-state index in [0.29, 0.717) is 94.0 Å². The van der Waals surface area contributed by atoms with E-state index >= 15 is 0 Å². The third-order valence-corrected chi connectivity index (χ3v) is 11.2. The van der Waals surface area contributed by atoms with Gasteiger partial charge in [-0.3, -0.25) is 33.8 Å². The molecule has 58 heavy (non-hydrogen) atoms. The summed E-state index contributed by atoms with van der Waals surface area (Å²) in [5, 5.41) is 16.3. The van der Waals surface area contributed by atoms with Crippen LogP contribution in [-0.4, -0.2) is 80.1 Å². The van der Waals surface area contributed by atoms with E-state index in [9.17, 15) is 24.3 Å². The number of halogens is 2. The third-order valence-electron chi connectivity index (χ3n) is 10.4. The number of hydrogen-bond acceptors (Lipinski definition) is 10. The van der Waals surface area contributed by atoms with Crippen molar-refractivity contribution in [3.05, 3.63) is 105 Å². The number of nitrogens with one attached hydrogen (secondary N) is 2. The number of esters is 1. The first-order valence-corrected chi connectivity index (χ1v) is 19.8. The van der Waals surface area contributed by atoms with E-state index in [-0.39, 0.29) is 23.9 Å². The molecule has 5 heterocycles. The summed E-state index contributed by atoms with van der Waals surface area (Å²) in [5.74, 6) is -1.37. The summed E-state index contributed by atoms with van der Waals surface area (Å²) in [5.41, 5.74) is 4.66.